The fourth-order valence-corrected chi connectivity index (χ4v) is 2.04. The first-order valence-electron chi connectivity index (χ1n) is 6.99. The minimum absolute atomic E-state index is 0.115. The van der Waals surface area contributed by atoms with Crippen LogP contribution in [0.1, 0.15) is 22.8 Å². The summed E-state index contributed by atoms with van der Waals surface area (Å²) < 4.78 is 16.0. The van der Waals surface area contributed by atoms with Crippen LogP contribution in [0, 0.1) is 6.92 Å². The number of allylic oxidation sites excluding steroid dienone is 2. The molecule has 2 aromatic rings. The maximum atomic E-state index is 12.6. The second kappa shape index (κ2) is 7.40. The number of hydrogen-bond acceptors (Lipinski definition) is 6. The summed E-state index contributed by atoms with van der Waals surface area (Å²) >= 11 is 0. The lowest BCUT2D eigenvalue weighted by Crippen LogP contribution is -2.11. The number of aromatic nitrogens is 2. The van der Waals surface area contributed by atoms with E-state index in [9.17, 15) is 4.79 Å². The molecule has 0 saturated heterocycles. The van der Waals surface area contributed by atoms with E-state index in [1.54, 1.807) is 19.1 Å². The number of methoxy groups -OCH3 is 2. The Hall–Kier alpha value is -2.89. The molecule has 6 nitrogen and oxygen atoms in total. The maximum absolute atomic E-state index is 12.6. The highest BCUT2D eigenvalue weighted by molar-refractivity contribution is 6.10. The Morgan fingerprint density at radius 2 is 1.91 bits per heavy atom. The normalized spacial score (nSPS) is 11.0. The Balaban J connectivity index is 2.49. The first-order valence-corrected chi connectivity index (χ1v) is 6.99. The monoisotopic (exact) mass is 314 g/mol. The molecule has 0 bridgehead atoms. The molecular weight excluding hydrogens is 296 g/mol. The molecule has 0 fully saturated rings. The van der Waals surface area contributed by atoms with Gasteiger partial charge in [0.25, 0.3) is 0 Å². The Kier molecular flexibility index (Phi) is 5.30. The van der Waals surface area contributed by atoms with E-state index in [2.05, 4.69) is 9.97 Å². The topological polar surface area (TPSA) is 70.5 Å². The van der Waals surface area contributed by atoms with Crippen LogP contribution in [-0.4, -0.2) is 30.0 Å². The minimum atomic E-state index is -0.407. The van der Waals surface area contributed by atoms with E-state index in [1.165, 1.54) is 20.5 Å². The number of aryl methyl sites for hydroxylation is 1. The number of rotatable bonds is 6. The maximum Gasteiger partial charge on any atom is 0.238 e. The molecule has 1 aromatic carbocycles. The second-order valence-electron chi connectivity index (χ2n) is 4.67. The van der Waals surface area contributed by atoms with Gasteiger partial charge in [-0.1, -0.05) is 12.1 Å². The van der Waals surface area contributed by atoms with E-state index < -0.39 is 5.78 Å². The summed E-state index contributed by atoms with van der Waals surface area (Å²) in [5, 5.41) is 0. The van der Waals surface area contributed by atoms with Gasteiger partial charge in [-0.25, -0.2) is 9.97 Å². The van der Waals surface area contributed by atoms with Gasteiger partial charge in [-0.3, -0.25) is 4.79 Å². The van der Waals surface area contributed by atoms with E-state index in [4.69, 9.17) is 14.2 Å². The third kappa shape index (κ3) is 3.66. The fraction of sp³-hybridized carbons (Fsp3) is 0.235. The van der Waals surface area contributed by atoms with Crippen molar-refractivity contribution in [3.63, 3.8) is 0 Å². The van der Waals surface area contributed by atoms with E-state index in [0.29, 0.717) is 5.75 Å². The largest absolute Gasteiger partial charge is 0.493 e. The zero-order valence-electron chi connectivity index (χ0n) is 13.5. The number of nitrogens with zero attached hydrogens (tertiary/aromatic N) is 2. The molecule has 0 aliphatic carbocycles. The van der Waals surface area contributed by atoms with Crippen molar-refractivity contribution in [3.8, 4) is 17.5 Å². The van der Waals surface area contributed by atoms with E-state index in [0.717, 1.165) is 5.56 Å². The smallest absolute Gasteiger partial charge is 0.238 e. The highest BCUT2D eigenvalue weighted by atomic mass is 16.5. The van der Waals surface area contributed by atoms with Crippen molar-refractivity contribution in [2.75, 3.05) is 14.2 Å². The van der Waals surface area contributed by atoms with Gasteiger partial charge < -0.3 is 14.2 Å². The van der Waals surface area contributed by atoms with Gasteiger partial charge in [0, 0.05) is 0 Å². The summed E-state index contributed by atoms with van der Waals surface area (Å²) in [5.74, 6) is 0.564. The van der Waals surface area contributed by atoms with Crippen LogP contribution in [0.2, 0.25) is 0 Å². The minimum Gasteiger partial charge on any atom is -0.493 e. The lowest BCUT2D eigenvalue weighted by Gasteiger charge is -2.13. The standard InChI is InChI=1S/C17H18N2O4/c1-5-13(21-3)15(20)14-16(22-4)18-10-19-17(14)23-12-8-6-7-11(2)9-12/h5-10H,1-4H3. The molecule has 0 spiro atoms. The first kappa shape index (κ1) is 16.5. The highest BCUT2D eigenvalue weighted by Crippen LogP contribution is 2.30. The van der Waals surface area contributed by atoms with Crippen LogP contribution in [0.5, 0.6) is 17.5 Å². The van der Waals surface area contributed by atoms with Gasteiger partial charge in [0.2, 0.25) is 17.5 Å². The van der Waals surface area contributed by atoms with E-state index >= 15 is 0 Å². The molecule has 0 N–H and O–H groups in total. The summed E-state index contributed by atoms with van der Waals surface area (Å²) in [7, 11) is 2.85. The first-order chi connectivity index (χ1) is 11.1. The number of ketones is 1. The Labute approximate surface area is 134 Å². The van der Waals surface area contributed by atoms with E-state index in [-0.39, 0.29) is 23.1 Å². The number of carbonyl (C=O) groups is 1. The SMILES string of the molecule is CC=C(OC)C(=O)c1c(OC)ncnc1Oc1cccc(C)c1. The average molecular weight is 314 g/mol. The van der Waals surface area contributed by atoms with Crippen molar-refractivity contribution in [3.05, 3.63) is 53.6 Å². The molecule has 0 unspecified atom stereocenters. The van der Waals surface area contributed by atoms with Crippen molar-refractivity contribution < 1.29 is 19.0 Å². The quantitative estimate of drug-likeness (QED) is 0.463. The van der Waals surface area contributed by atoms with Gasteiger partial charge in [0.1, 0.15) is 12.1 Å². The molecule has 6 heteroatoms. The molecule has 0 saturated carbocycles. The van der Waals surface area contributed by atoms with Crippen molar-refractivity contribution >= 4 is 5.78 Å². The Bertz CT molecular complexity index is 741. The molecule has 1 heterocycles. The summed E-state index contributed by atoms with van der Waals surface area (Å²) in [6, 6.07) is 7.43. The number of benzene rings is 1. The number of carbonyl (C=O) groups excluding carboxylic acids is 1. The van der Waals surface area contributed by atoms with Crippen LogP contribution in [-0.2, 0) is 4.74 Å². The fourth-order valence-electron chi connectivity index (χ4n) is 2.04. The second-order valence-corrected chi connectivity index (χ2v) is 4.67. The molecule has 0 amide bonds. The lowest BCUT2D eigenvalue weighted by atomic mass is 10.1. The molecular formula is C17H18N2O4. The van der Waals surface area contributed by atoms with Crippen LogP contribution in [0.3, 0.4) is 0 Å². The third-order valence-corrected chi connectivity index (χ3v) is 3.11. The predicted molar refractivity (Wildman–Crippen MR) is 84.9 cm³/mol. The summed E-state index contributed by atoms with van der Waals surface area (Å²) in [6.07, 6.45) is 2.84. The molecule has 0 radical (unpaired) electrons. The zero-order valence-corrected chi connectivity index (χ0v) is 13.5. The van der Waals surface area contributed by atoms with Gasteiger partial charge in [-0.2, -0.15) is 0 Å². The Morgan fingerprint density at radius 1 is 1.17 bits per heavy atom. The van der Waals surface area contributed by atoms with Crippen molar-refractivity contribution in [2.45, 2.75) is 13.8 Å². The van der Waals surface area contributed by atoms with Gasteiger partial charge in [-0.15, -0.1) is 0 Å². The molecule has 2 rings (SSSR count). The van der Waals surface area contributed by atoms with Crippen molar-refractivity contribution in [2.24, 2.45) is 0 Å². The van der Waals surface area contributed by atoms with Crippen molar-refractivity contribution in [1.82, 2.24) is 9.97 Å². The average Bonchev–Trinajstić information content (AvgIpc) is 2.55. The van der Waals surface area contributed by atoms with Gasteiger partial charge in [0.05, 0.1) is 14.2 Å². The van der Waals surface area contributed by atoms with Crippen LogP contribution in [0.4, 0.5) is 0 Å². The van der Waals surface area contributed by atoms with Gasteiger partial charge >= 0.3 is 0 Å². The third-order valence-electron chi connectivity index (χ3n) is 3.11. The number of hydrogen-bond donors (Lipinski definition) is 0. The zero-order chi connectivity index (χ0) is 16.8. The van der Waals surface area contributed by atoms with Gasteiger partial charge in [0.15, 0.2) is 11.3 Å². The predicted octanol–water partition coefficient (Wildman–Crippen LogP) is 3.32. The molecule has 23 heavy (non-hydrogen) atoms. The highest BCUT2D eigenvalue weighted by Gasteiger charge is 2.25. The Morgan fingerprint density at radius 3 is 2.52 bits per heavy atom. The molecule has 0 atom stereocenters. The van der Waals surface area contributed by atoms with Crippen LogP contribution < -0.4 is 9.47 Å². The lowest BCUT2D eigenvalue weighted by molar-refractivity contribution is 0.0946. The number of ether oxygens (including phenoxy) is 3. The summed E-state index contributed by atoms with van der Waals surface area (Å²) in [6.45, 7) is 3.65. The van der Waals surface area contributed by atoms with Gasteiger partial charge in [-0.05, 0) is 37.6 Å². The molecule has 0 aliphatic rings. The number of Topliss-reactive ketones (excluding diaryl/α,β-unsaturated/α-hetero) is 1. The molecule has 1 aromatic heterocycles. The van der Waals surface area contributed by atoms with E-state index in [1.807, 2.05) is 25.1 Å². The van der Waals surface area contributed by atoms with Crippen LogP contribution in [0.25, 0.3) is 0 Å². The summed E-state index contributed by atoms with van der Waals surface area (Å²) in [4.78, 5) is 20.7. The van der Waals surface area contributed by atoms with Crippen LogP contribution in [0.15, 0.2) is 42.4 Å². The molecule has 120 valence electrons. The molecule has 0 aliphatic heterocycles. The summed E-state index contributed by atoms with van der Waals surface area (Å²) in [5.41, 5.74) is 1.15. The van der Waals surface area contributed by atoms with Crippen LogP contribution >= 0.6 is 0 Å². The van der Waals surface area contributed by atoms with Crippen molar-refractivity contribution in [1.29, 1.82) is 0 Å².